The Hall–Kier alpha value is -2.50. The lowest BCUT2D eigenvalue weighted by Gasteiger charge is -2.16. The van der Waals surface area contributed by atoms with E-state index in [9.17, 15) is 14.0 Å². The number of amides is 1. The van der Waals surface area contributed by atoms with E-state index in [1.54, 1.807) is 18.3 Å². The Morgan fingerprint density at radius 1 is 1.40 bits per heavy atom. The van der Waals surface area contributed by atoms with Crippen molar-refractivity contribution in [2.75, 3.05) is 11.4 Å². The summed E-state index contributed by atoms with van der Waals surface area (Å²) in [6.07, 6.45) is 4.61. The van der Waals surface area contributed by atoms with E-state index in [0.29, 0.717) is 5.69 Å². The van der Waals surface area contributed by atoms with Crippen molar-refractivity contribution >= 4 is 17.5 Å². The number of aromatic nitrogens is 2. The first kappa shape index (κ1) is 12.5. The molecule has 0 saturated carbocycles. The van der Waals surface area contributed by atoms with Gasteiger partial charge in [0, 0.05) is 31.0 Å². The molecule has 3 rings (SSSR count). The molecule has 1 aliphatic rings. The summed E-state index contributed by atoms with van der Waals surface area (Å²) in [5.41, 5.74) is 0.482. The summed E-state index contributed by atoms with van der Waals surface area (Å²) in [7, 11) is 0. The van der Waals surface area contributed by atoms with Gasteiger partial charge in [-0.1, -0.05) is 6.07 Å². The fourth-order valence-corrected chi connectivity index (χ4v) is 2.37. The van der Waals surface area contributed by atoms with Gasteiger partial charge in [-0.15, -0.1) is 0 Å². The Labute approximate surface area is 114 Å². The van der Waals surface area contributed by atoms with Crippen LogP contribution in [0.4, 0.5) is 10.1 Å². The van der Waals surface area contributed by atoms with Crippen LogP contribution in [0.15, 0.2) is 43.0 Å². The van der Waals surface area contributed by atoms with E-state index in [0.717, 1.165) is 0 Å². The van der Waals surface area contributed by atoms with E-state index in [4.69, 9.17) is 0 Å². The summed E-state index contributed by atoms with van der Waals surface area (Å²) < 4.78 is 14.6. The summed E-state index contributed by atoms with van der Waals surface area (Å²) >= 11 is 0. The summed E-state index contributed by atoms with van der Waals surface area (Å²) in [5.74, 6) is -1.18. The lowest BCUT2D eigenvalue weighted by atomic mass is 10.1. The Morgan fingerprint density at radius 2 is 2.25 bits per heavy atom. The predicted molar refractivity (Wildman–Crippen MR) is 69.7 cm³/mol. The molecule has 2 heterocycles. The number of benzene rings is 1. The average Bonchev–Trinajstić information content (AvgIpc) is 3.07. The van der Waals surface area contributed by atoms with Gasteiger partial charge in [0.05, 0.1) is 5.92 Å². The van der Waals surface area contributed by atoms with Crippen molar-refractivity contribution in [3.8, 4) is 0 Å². The molecule has 0 spiro atoms. The number of nitrogens with zero attached hydrogens (tertiary/aromatic N) is 3. The minimum Gasteiger partial charge on any atom is -0.311 e. The first-order chi connectivity index (χ1) is 9.65. The van der Waals surface area contributed by atoms with Crippen LogP contribution in [0.2, 0.25) is 0 Å². The minimum absolute atomic E-state index is 0.132. The first-order valence-electron chi connectivity index (χ1n) is 6.23. The van der Waals surface area contributed by atoms with Crippen LogP contribution in [0.5, 0.6) is 0 Å². The highest BCUT2D eigenvalue weighted by Gasteiger charge is 2.35. The number of carbonyl (C=O) groups excluding carboxylic acids is 2. The second-order valence-corrected chi connectivity index (χ2v) is 4.69. The largest absolute Gasteiger partial charge is 0.311 e. The van der Waals surface area contributed by atoms with Crippen LogP contribution in [0, 0.1) is 11.7 Å². The second kappa shape index (κ2) is 4.88. The zero-order valence-electron chi connectivity index (χ0n) is 10.6. The molecular weight excluding hydrogens is 261 g/mol. The van der Waals surface area contributed by atoms with Gasteiger partial charge in [0.1, 0.15) is 12.1 Å². The normalized spacial score (nSPS) is 18.6. The molecule has 0 aliphatic carbocycles. The summed E-state index contributed by atoms with van der Waals surface area (Å²) in [6, 6.07) is 5.81. The van der Waals surface area contributed by atoms with Gasteiger partial charge < -0.3 is 4.90 Å². The lowest BCUT2D eigenvalue weighted by molar-refractivity contribution is -0.117. The van der Waals surface area contributed by atoms with Crippen LogP contribution in [0.25, 0.3) is 0 Å². The third kappa shape index (κ3) is 2.20. The third-order valence-corrected chi connectivity index (χ3v) is 3.35. The molecule has 20 heavy (non-hydrogen) atoms. The molecule has 0 bridgehead atoms. The van der Waals surface area contributed by atoms with Crippen LogP contribution in [-0.2, 0) is 4.79 Å². The fourth-order valence-electron chi connectivity index (χ4n) is 2.37. The molecule has 5 nitrogen and oxygen atoms in total. The van der Waals surface area contributed by atoms with E-state index >= 15 is 0 Å². The molecule has 1 aromatic carbocycles. The molecule has 1 unspecified atom stereocenters. The highest BCUT2D eigenvalue weighted by atomic mass is 19.1. The van der Waals surface area contributed by atoms with Crippen molar-refractivity contribution in [1.29, 1.82) is 0 Å². The van der Waals surface area contributed by atoms with Crippen LogP contribution in [0.1, 0.15) is 11.2 Å². The lowest BCUT2D eigenvalue weighted by Crippen LogP contribution is -2.27. The van der Waals surface area contributed by atoms with Gasteiger partial charge in [-0.2, -0.15) is 0 Å². The molecule has 2 aromatic rings. The van der Waals surface area contributed by atoms with Gasteiger partial charge in [0.2, 0.25) is 11.8 Å². The van der Waals surface area contributed by atoms with Crippen LogP contribution < -0.4 is 4.90 Å². The van der Waals surface area contributed by atoms with Gasteiger partial charge in [-0.05, 0) is 18.2 Å². The smallest absolute Gasteiger partial charge is 0.237 e. The Morgan fingerprint density at radius 3 is 2.95 bits per heavy atom. The molecule has 1 saturated heterocycles. The van der Waals surface area contributed by atoms with Gasteiger partial charge in [0.25, 0.3) is 0 Å². The van der Waals surface area contributed by atoms with Crippen LogP contribution >= 0.6 is 0 Å². The second-order valence-electron chi connectivity index (χ2n) is 4.69. The number of halogens is 1. The molecule has 1 amide bonds. The van der Waals surface area contributed by atoms with Crippen molar-refractivity contribution in [2.24, 2.45) is 5.92 Å². The molecule has 1 fully saturated rings. The maximum Gasteiger partial charge on any atom is 0.237 e. The standard InChI is InChI=1S/C14H12FN3O2/c15-11-2-1-3-12(7-11)18-8-10(6-13(18)19)14(20)17-5-4-16-9-17/h1-5,7,9-10H,6,8H2. The van der Waals surface area contributed by atoms with Gasteiger partial charge >= 0.3 is 0 Å². The van der Waals surface area contributed by atoms with Crippen molar-refractivity contribution in [1.82, 2.24) is 9.55 Å². The van der Waals surface area contributed by atoms with Crippen molar-refractivity contribution in [2.45, 2.75) is 6.42 Å². The van der Waals surface area contributed by atoms with E-state index in [-0.39, 0.29) is 24.8 Å². The zero-order valence-corrected chi connectivity index (χ0v) is 10.6. The summed E-state index contributed by atoms with van der Waals surface area (Å²) in [5, 5.41) is 0. The maximum absolute atomic E-state index is 13.2. The number of carbonyl (C=O) groups is 2. The molecule has 0 N–H and O–H groups in total. The van der Waals surface area contributed by atoms with Crippen LogP contribution in [0.3, 0.4) is 0 Å². The minimum atomic E-state index is -0.431. The van der Waals surface area contributed by atoms with Crippen LogP contribution in [-0.4, -0.2) is 27.9 Å². The van der Waals surface area contributed by atoms with Gasteiger partial charge in [0.15, 0.2) is 0 Å². The van der Waals surface area contributed by atoms with E-state index < -0.39 is 11.7 Å². The third-order valence-electron chi connectivity index (χ3n) is 3.35. The Balaban J connectivity index is 1.80. The Kier molecular flexibility index (Phi) is 3.06. The number of hydrogen-bond acceptors (Lipinski definition) is 3. The number of hydrogen-bond donors (Lipinski definition) is 0. The molecule has 0 radical (unpaired) electrons. The molecular formula is C14H12FN3O2. The average molecular weight is 273 g/mol. The fraction of sp³-hybridized carbons (Fsp3) is 0.214. The zero-order chi connectivity index (χ0) is 14.1. The quantitative estimate of drug-likeness (QED) is 0.837. The monoisotopic (exact) mass is 273 g/mol. The van der Waals surface area contributed by atoms with Crippen molar-refractivity contribution in [3.05, 3.63) is 48.8 Å². The molecule has 6 heteroatoms. The van der Waals surface area contributed by atoms with Gasteiger partial charge in [-0.3, -0.25) is 14.2 Å². The van der Waals surface area contributed by atoms with E-state index in [1.165, 1.54) is 34.1 Å². The van der Waals surface area contributed by atoms with Crippen molar-refractivity contribution < 1.29 is 14.0 Å². The number of imidazole rings is 1. The number of rotatable bonds is 2. The SMILES string of the molecule is O=C1CC(C(=O)n2ccnc2)CN1c1cccc(F)c1. The highest BCUT2D eigenvalue weighted by molar-refractivity contribution is 6.00. The topological polar surface area (TPSA) is 55.2 Å². The molecule has 1 aromatic heterocycles. The van der Waals surface area contributed by atoms with Crippen molar-refractivity contribution in [3.63, 3.8) is 0 Å². The summed E-state index contributed by atoms with van der Waals surface area (Å²) in [4.78, 5) is 29.4. The number of anilines is 1. The Bertz CT molecular complexity index is 654. The van der Waals surface area contributed by atoms with Gasteiger partial charge in [-0.25, -0.2) is 9.37 Å². The van der Waals surface area contributed by atoms with E-state index in [1.807, 2.05) is 0 Å². The summed E-state index contributed by atoms with van der Waals surface area (Å²) in [6.45, 7) is 0.263. The first-order valence-corrected chi connectivity index (χ1v) is 6.23. The predicted octanol–water partition coefficient (Wildman–Crippen LogP) is 1.72. The highest BCUT2D eigenvalue weighted by Crippen LogP contribution is 2.26. The maximum atomic E-state index is 13.2. The van der Waals surface area contributed by atoms with E-state index in [2.05, 4.69) is 4.98 Å². The molecule has 102 valence electrons. The molecule has 1 aliphatic heterocycles. The molecule has 1 atom stereocenters.